The number of aliphatic hydroxyl groups excluding tert-OH is 1. The van der Waals surface area contributed by atoms with Crippen LogP contribution in [0.15, 0.2) is 18.2 Å². The lowest BCUT2D eigenvalue weighted by molar-refractivity contribution is 0.181. The van der Waals surface area contributed by atoms with Crippen molar-refractivity contribution in [3.63, 3.8) is 0 Å². The van der Waals surface area contributed by atoms with Gasteiger partial charge in [-0.25, -0.2) is 0 Å². The summed E-state index contributed by atoms with van der Waals surface area (Å²) in [6.45, 7) is 2.81. The minimum absolute atomic E-state index is 0.188. The van der Waals surface area contributed by atoms with Crippen LogP contribution in [0, 0.1) is 0 Å². The Balaban J connectivity index is 1.85. The monoisotopic (exact) mass is 234 g/mol. The van der Waals surface area contributed by atoms with Gasteiger partial charge in [0.15, 0.2) is 0 Å². The SMILES string of the molecule is CC(O)CCCNC1CCc2cc(N)ccc21. The van der Waals surface area contributed by atoms with E-state index < -0.39 is 0 Å². The standard InChI is InChI=1S/C14H22N2O/c1-10(17)3-2-8-16-14-7-4-11-9-12(15)5-6-13(11)14/h5-6,9-10,14,16-17H,2-4,7-8,15H2,1H3. The van der Waals surface area contributed by atoms with Crippen molar-refractivity contribution in [1.82, 2.24) is 5.32 Å². The molecule has 0 aromatic heterocycles. The molecule has 3 heteroatoms. The van der Waals surface area contributed by atoms with Crippen molar-refractivity contribution in [1.29, 1.82) is 0 Å². The summed E-state index contributed by atoms with van der Waals surface area (Å²) in [6.07, 6.45) is 3.99. The number of aliphatic hydroxyl groups is 1. The molecule has 0 bridgehead atoms. The summed E-state index contributed by atoms with van der Waals surface area (Å²) in [6, 6.07) is 6.69. The molecular formula is C14H22N2O. The van der Waals surface area contributed by atoms with E-state index in [2.05, 4.69) is 17.4 Å². The molecule has 0 spiro atoms. The molecular weight excluding hydrogens is 212 g/mol. The third-order valence-electron chi connectivity index (χ3n) is 3.43. The summed E-state index contributed by atoms with van der Waals surface area (Å²) in [5.74, 6) is 0. The first-order valence-corrected chi connectivity index (χ1v) is 6.46. The van der Waals surface area contributed by atoms with Crippen molar-refractivity contribution in [2.75, 3.05) is 12.3 Å². The molecule has 0 heterocycles. The summed E-state index contributed by atoms with van der Waals surface area (Å²) >= 11 is 0. The van der Waals surface area contributed by atoms with Crippen LogP contribution in [-0.4, -0.2) is 17.8 Å². The van der Waals surface area contributed by atoms with Crippen LogP contribution in [-0.2, 0) is 6.42 Å². The van der Waals surface area contributed by atoms with Gasteiger partial charge in [-0.3, -0.25) is 0 Å². The van der Waals surface area contributed by atoms with Gasteiger partial charge >= 0.3 is 0 Å². The molecule has 4 N–H and O–H groups in total. The number of nitrogens with one attached hydrogen (secondary N) is 1. The molecule has 1 aliphatic carbocycles. The second-order valence-electron chi connectivity index (χ2n) is 4.99. The minimum atomic E-state index is -0.188. The summed E-state index contributed by atoms with van der Waals surface area (Å²) < 4.78 is 0. The molecule has 2 rings (SSSR count). The van der Waals surface area contributed by atoms with Crippen LogP contribution in [0.25, 0.3) is 0 Å². The summed E-state index contributed by atoms with van der Waals surface area (Å²) in [4.78, 5) is 0. The number of benzene rings is 1. The van der Waals surface area contributed by atoms with Crippen molar-refractivity contribution in [2.45, 2.75) is 44.8 Å². The molecule has 0 saturated heterocycles. The first-order valence-electron chi connectivity index (χ1n) is 6.46. The fourth-order valence-electron chi connectivity index (χ4n) is 2.52. The fourth-order valence-corrected chi connectivity index (χ4v) is 2.52. The molecule has 0 amide bonds. The van der Waals surface area contributed by atoms with E-state index in [0.717, 1.165) is 37.9 Å². The topological polar surface area (TPSA) is 58.3 Å². The minimum Gasteiger partial charge on any atom is -0.399 e. The lowest BCUT2D eigenvalue weighted by Crippen LogP contribution is -2.21. The van der Waals surface area contributed by atoms with Gasteiger partial charge in [0.25, 0.3) is 0 Å². The Morgan fingerprint density at radius 1 is 1.53 bits per heavy atom. The lowest BCUT2D eigenvalue weighted by Gasteiger charge is -2.14. The Morgan fingerprint density at radius 2 is 2.35 bits per heavy atom. The second kappa shape index (κ2) is 5.52. The van der Waals surface area contributed by atoms with E-state index in [1.807, 2.05) is 13.0 Å². The number of rotatable bonds is 5. The van der Waals surface area contributed by atoms with E-state index >= 15 is 0 Å². The second-order valence-corrected chi connectivity index (χ2v) is 4.99. The molecule has 1 aromatic carbocycles. The predicted molar refractivity (Wildman–Crippen MR) is 70.8 cm³/mol. The maximum atomic E-state index is 9.19. The average Bonchev–Trinajstić information content (AvgIpc) is 2.66. The highest BCUT2D eigenvalue weighted by Crippen LogP contribution is 2.32. The number of hydrogen-bond acceptors (Lipinski definition) is 3. The van der Waals surface area contributed by atoms with Gasteiger partial charge < -0.3 is 16.2 Å². The lowest BCUT2D eigenvalue weighted by atomic mass is 10.1. The molecule has 0 fully saturated rings. The highest BCUT2D eigenvalue weighted by Gasteiger charge is 2.21. The molecule has 1 aromatic rings. The van der Waals surface area contributed by atoms with Crippen LogP contribution in [0.4, 0.5) is 5.69 Å². The maximum Gasteiger partial charge on any atom is 0.0512 e. The van der Waals surface area contributed by atoms with Crippen molar-refractivity contribution in [3.8, 4) is 0 Å². The Hall–Kier alpha value is -1.06. The largest absolute Gasteiger partial charge is 0.399 e. The van der Waals surface area contributed by atoms with Crippen LogP contribution in [0.1, 0.15) is 43.4 Å². The number of nitrogens with two attached hydrogens (primary N) is 1. The Labute approximate surface area is 103 Å². The average molecular weight is 234 g/mol. The van der Waals surface area contributed by atoms with E-state index in [-0.39, 0.29) is 6.10 Å². The molecule has 17 heavy (non-hydrogen) atoms. The van der Waals surface area contributed by atoms with E-state index in [1.165, 1.54) is 11.1 Å². The predicted octanol–water partition coefficient (Wildman–Crippen LogP) is 2.01. The van der Waals surface area contributed by atoms with Gasteiger partial charge in [-0.15, -0.1) is 0 Å². The van der Waals surface area contributed by atoms with Gasteiger partial charge in [0.2, 0.25) is 0 Å². The fraction of sp³-hybridized carbons (Fsp3) is 0.571. The highest BCUT2D eigenvalue weighted by molar-refractivity contribution is 5.47. The van der Waals surface area contributed by atoms with Crippen LogP contribution in [0.5, 0.6) is 0 Å². The van der Waals surface area contributed by atoms with Crippen molar-refractivity contribution in [3.05, 3.63) is 29.3 Å². The van der Waals surface area contributed by atoms with Crippen LogP contribution >= 0.6 is 0 Å². The van der Waals surface area contributed by atoms with Crippen molar-refractivity contribution < 1.29 is 5.11 Å². The van der Waals surface area contributed by atoms with Crippen molar-refractivity contribution in [2.24, 2.45) is 0 Å². The van der Waals surface area contributed by atoms with E-state index in [9.17, 15) is 5.11 Å². The third kappa shape index (κ3) is 3.20. The molecule has 0 aliphatic heterocycles. The molecule has 2 unspecified atom stereocenters. The molecule has 3 nitrogen and oxygen atoms in total. The van der Waals surface area contributed by atoms with Gasteiger partial charge in [0, 0.05) is 11.7 Å². The smallest absolute Gasteiger partial charge is 0.0512 e. The quantitative estimate of drug-likeness (QED) is 0.539. The number of fused-ring (bicyclic) bond motifs is 1. The molecule has 94 valence electrons. The van der Waals surface area contributed by atoms with Gasteiger partial charge in [0.1, 0.15) is 0 Å². The van der Waals surface area contributed by atoms with Gasteiger partial charge in [-0.2, -0.15) is 0 Å². The number of nitrogen functional groups attached to an aromatic ring is 1. The van der Waals surface area contributed by atoms with E-state index in [0.29, 0.717) is 6.04 Å². The first-order chi connectivity index (χ1) is 8.16. The van der Waals surface area contributed by atoms with Gasteiger partial charge in [-0.1, -0.05) is 6.07 Å². The molecule has 2 atom stereocenters. The molecule has 0 radical (unpaired) electrons. The summed E-state index contributed by atoms with van der Waals surface area (Å²) in [5.41, 5.74) is 9.43. The van der Waals surface area contributed by atoms with Crippen molar-refractivity contribution >= 4 is 5.69 Å². The van der Waals surface area contributed by atoms with Gasteiger partial charge in [-0.05, 0) is 62.4 Å². The zero-order valence-electron chi connectivity index (χ0n) is 10.4. The van der Waals surface area contributed by atoms with Crippen LogP contribution in [0.2, 0.25) is 0 Å². The molecule has 0 saturated carbocycles. The summed E-state index contributed by atoms with van der Waals surface area (Å²) in [7, 11) is 0. The number of aryl methyl sites for hydroxylation is 1. The Bertz CT molecular complexity index is 376. The number of hydrogen-bond donors (Lipinski definition) is 3. The van der Waals surface area contributed by atoms with E-state index in [1.54, 1.807) is 0 Å². The van der Waals surface area contributed by atoms with Crippen LogP contribution < -0.4 is 11.1 Å². The summed E-state index contributed by atoms with van der Waals surface area (Å²) in [5, 5.41) is 12.8. The third-order valence-corrected chi connectivity index (χ3v) is 3.43. The zero-order chi connectivity index (χ0) is 12.3. The normalized spacial score (nSPS) is 20.2. The number of anilines is 1. The zero-order valence-corrected chi connectivity index (χ0v) is 10.4. The Kier molecular flexibility index (Phi) is 4.02. The van der Waals surface area contributed by atoms with Crippen LogP contribution in [0.3, 0.4) is 0 Å². The Morgan fingerprint density at radius 3 is 3.12 bits per heavy atom. The maximum absolute atomic E-state index is 9.19. The highest BCUT2D eigenvalue weighted by atomic mass is 16.3. The van der Waals surface area contributed by atoms with E-state index in [4.69, 9.17) is 5.73 Å². The first kappa shape index (κ1) is 12.4. The van der Waals surface area contributed by atoms with Gasteiger partial charge in [0.05, 0.1) is 6.10 Å². The molecule has 1 aliphatic rings.